The SMILES string of the molecule is CCCOc1ccc2c(c1)OC1(CC2)CCN(CCN)CC1. The maximum absolute atomic E-state index is 6.47. The van der Waals surface area contributed by atoms with Gasteiger partial charge in [0.25, 0.3) is 0 Å². The lowest BCUT2D eigenvalue weighted by Crippen LogP contribution is -2.50. The van der Waals surface area contributed by atoms with E-state index < -0.39 is 0 Å². The summed E-state index contributed by atoms with van der Waals surface area (Å²) in [5, 5.41) is 0. The Morgan fingerprint density at radius 2 is 2.09 bits per heavy atom. The highest BCUT2D eigenvalue weighted by Crippen LogP contribution is 2.40. The van der Waals surface area contributed by atoms with Crippen LogP contribution in [0.25, 0.3) is 0 Å². The fourth-order valence-corrected chi connectivity index (χ4v) is 3.51. The summed E-state index contributed by atoms with van der Waals surface area (Å²) in [7, 11) is 0. The van der Waals surface area contributed by atoms with E-state index in [4.69, 9.17) is 15.2 Å². The molecule has 0 radical (unpaired) electrons. The van der Waals surface area contributed by atoms with Crippen molar-refractivity contribution < 1.29 is 9.47 Å². The summed E-state index contributed by atoms with van der Waals surface area (Å²) in [6.07, 6.45) is 5.48. The van der Waals surface area contributed by atoms with E-state index in [1.165, 1.54) is 5.56 Å². The first-order valence-corrected chi connectivity index (χ1v) is 8.62. The third-order valence-corrected chi connectivity index (χ3v) is 4.90. The molecule has 1 spiro atoms. The van der Waals surface area contributed by atoms with Crippen LogP contribution in [0.4, 0.5) is 0 Å². The Morgan fingerprint density at radius 1 is 1.27 bits per heavy atom. The summed E-state index contributed by atoms with van der Waals surface area (Å²) >= 11 is 0. The summed E-state index contributed by atoms with van der Waals surface area (Å²) < 4.78 is 12.2. The number of ether oxygens (including phenoxy) is 2. The number of benzene rings is 1. The van der Waals surface area contributed by atoms with E-state index in [0.29, 0.717) is 0 Å². The molecule has 0 saturated carbocycles. The van der Waals surface area contributed by atoms with Gasteiger partial charge in [0, 0.05) is 32.2 Å². The van der Waals surface area contributed by atoms with Crippen molar-refractivity contribution in [1.29, 1.82) is 0 Å². The second-order valence-electron chi connectivity index (χ2n) is 6.53. The maximum Gasteiger partial charge on any atom is 0.127 e. The van der Waals surface area contributed by atoms with Crippen LogP contribution in [0.15, 0.2) is 18.2 Å². The van der Waals surface area contributed by atoms with Crippen LogP contribution in [0.3, 0.4) is 0 Å². The van der Waals surface area contributed by atoms with Crippen LogP contribution < -0.4 is 15.2 Å². The first-order valence-electron chi connectivity index (χ1n) is 8.62. The van der Waals surface area contributed by atoms with Crippen molar-refractivity contribution in [2.75, 3.05) is 32.8 Å². The van der Waals surface area contributed by atoms with Crippen molar-refractivity contribution >= 4 is 0 Å². The second-order valence-corrected chi connectivity index (χ2v) is 6.53. The molecule has 122 valence electrons. The smallest absolute Gasteiger partial charge is 0.127 e. The van der Waals surface area contributed by atoms with Crippen LogP contribution >= 0.6 is 0 Å². The van der Waals surface area contributed by atoms with Crippen molar-refractivity contribution in [3.8, 4) is 11.5 Å². The monoisotopic (exact) mass is 304 g/mol. The lowest BCUT2D eigenvalue weighted by molar-refractivity contribution is -0.0139. The van der Waals surface area contributed by atoms with Gasteiger partial charge in [-0.2, -0.15) is 0 Å². The normalized spacial score (nSPS) is 20.5. The standard InChI is InChI=1S/C18H28N2O2/c1-2-13-21-16-4-3-15-5-6-18(22-17(15)14-16)7-10-20(11-8-18)12-9-19/h3-4,14H,2,5-13,19H2,1H3. The van der Waals surface area contributed by atoms with Crippen molar-refractivity contribution in [1.82, 2.24) is 4.90 Å². The van der Waals surface area contributed by atoms with Crippen LogP contribution in [0.2, 0.25) is 0 Å². The topological polar surface area (TPSA) is 47.7 Å². The van der Waals surface area contributed by atoms with Crippen molar-refractivity contribution in [2.45, 2.75) is 44.6 Å². The highest BCUT2D eigenvalue weighted by Gasteiger charge is 2.39. The number of fused-ring (bicyclic) bond motifs is 1. The fraction of sp³-hybridized carbons (Fsp3) is 0.667. The predicted molar refractivity (Wildman–Crippen MR) is 88.6 cm³/mol. The number of piperidine rings is 1. The lowest BCUT2D eigenvalue weighted by Gasteiger charge is -2.44. The Bertz CT molecular complexity index is 496. The van der Waals surface area contributed by atoms with E-state index in [2.05, 4.69) is 30.0 Å². The second kappa shape index (κ2) is 6.88. The van der Waals surface area contributed by atoms with Crippen LogP contribution in [0.1, 0.15) is 38.2 Å². The van der Waals surface area contributed by atoms with Gasteiger partial charge in [-0.25, -0.2) is 0 Å². The van der Waals surface area contributed by atoms with E-state index >= 15 is 0 Å². The van der Waals surface area contributed by atoms with Crippen LogP contribution in [-0.2, 0) is 6.42 Å². The van der Waals surface area contributed by atoms with Crippen LogP contribution in [0.5, 0.6) is 11.5 Å². The quantitative estimate of drug-likeness (QED) is 0.908. The molecule has 1 aromatic rings. The van der Waals surface area contributed by atoms with Gasteiger partial charge >= 0.3 is 0 Å². The molecular weight excluding hydrogens is 276 g/mol. The Hall–Kier alpha value is -1.26. The minimum atomic E-state index is 0.0292. The molecule has 2 aliphatic rings. The molecule has 0 aromatic heterocycles. The van der Waals surface area contributed by atoms with E-state index in [1.54, 1.807) is 0 Å². The molecule has 2 heterocycles. The Morgan fingerprint density at radius 3 is 2.82 bits per heavy atom. The minimum Gasteiger partial charge on any atom is -0.493 e. The van der Waals surface area contributed by atoms with E-state index in [0.717, 1.165) is 76.4 Å². The van der Waals surface area contributed by atoms with Crippen molar-refractivity contribution in [2.24, 2.45) is 5.73 Å². The molecule has 0 unspecified atom stereocenters. The van der Waals surface area contributed by atoms with E-state index in [-0.39, 0.29) is 5.60 Å². The lowest BCUT2D eigenvalue weighted by atomic mass is 9.83. The van der Waals surface area contributed by atoms with Crippen LogP contribution in [-0.4, -0.2) is 43.3 Å². The summed E-state index contributed by atoms with van der Waals surface area (Å²) in [5.74, 6) is 1.96. The Balaban J connectivity index is 1.67. The molecule has 1 saturated heterocycles. The van der Waals surface area contributed by atoms with Gasteiger partial charge in [-0.05, 0) is 43.7 Å². The number of hydrogen-bond acceptors (Lipinski definition) is 4. The van der Waals surface area contributed by atoms with Crippen LogP contribution in [0, 0.1) is 0 Å². The van der Waals surface area contributed by atoms with Gasteiger partial charge in [-0.3, -0.25) is 0 Å². The molecule has 2 aliphatic heterocycles. The van der Waals surface area contributed by atoms with Gasteiger partial charge in [0.2, 0.25) is 0 Å². The van der Waals surface area contributed by atoms with Gasteiger partial charge in [0.15, 0.2) is 0 Å². The summed E-state index contributed by atoms with van der Waals surface area (Å²) in [6.45, 7) is 6.82. The van der Waals surface area contributed by atoms with E-state index in [1.807, 2.05) is 0 Å². The van der Waals surface area contributed by atoms with Gasteiger partial charge in [-0.1, -0.05) is 13.0 Å². The maximum atomic E-state index is 6.47. The summed E-state index contributed by atoms with van der Waals surface area (Å²) in [4.78, 5) is 2.45. The number of nitrogens with zero attached hydrogens (tertiary/aromatic N) is 1. The summed E-state index contributed by atoms with van der Waals surface area (Å²) in [5.41, 5.74) is 7.01. The molecule has 3 rings (SSSR count). The van der Waals surface area contributed by atoms with E-state index in [9.17, 15) is 0 Å². The number of nitrogens with two attached hydrogens (primary N) is 1. The zero-order valence-corrected chi connectivity index (χ0v) is 13.6. The molecule has 4 nitrogen and oxygen atoms in total. The molecule has 4 heteroatoms. The van der Waals surface area contributed by atoms with Gasteiger partial charge in [0.1, 0.15) is 17.1 Å². The van der Waals surface area contributed by atoms with Gasteiger partial charge in [0.05, 0.1) is 6.61 Å². The molecular formula is C18H28N2O2. The molecule has 1 aromatic carbocycles. The molecule has 22 heavy (non-hydrogen) atoms. The third-order valence-electron chi connectivity index (χ3n) is 4.90. The van der Waals surface area contributed by atoms with Crippen molar-refractivity contribution in [3.63, 3.8) is 0 Å². The number of rotatable bonds is 5. The fourth-order valence-electron chi connectivity index (χ4n) is 3.51. The highest BCUT2D eigenvalue weighted by molar-refractivity contribution is 5.42. The first kappa shape index (κ1) is 15.6. The number of hydrogen-bond donors (Lipinski definition) is 1. The molecule has 0 amide bonds. The Kier molecular flexibility index (Phi) is 4.89. The minimum absolute atomic E-state index is 0.0292. The zero-order chi connectivity index (χ0) is 15.4. The average Bonchev–Trinajstić information content (AvgIpc) is 2.55. The number of aryl methyl sites for hydroxylation is 1. The molecule has 0 atom stereocenters. The molecule has 0 bridgehead atoms. The number of likely N-dealkylation sites (tertiary alicyclic amines) is 1. The molecule has 2 N–H and O–H groups in total. The van der Waals surface area contributed by atoms with Gasteiger partial charge < -0.3 is 20.1 Å². The largest absolute Gasteiger partial charge is 0.493 e. The zero-order valence-electron chi connectivity index (χ0n) is 13.6. The third kappa shape index (κ3) is 3.39. The predicted octanol–water partition coefficient (Wildman–Crippen LogP) is 2.59. The molecule has 0 aliphatic carbocycles. The summed E-state index contributed by atoms with van der Waals surface area (Å²) in [6, 6.07) is 6.31. The molecule has 1 fully saturated rings. The Labute approximate surface area is 133 Å². The first-order chi connectivity index (χ1) is 10.7. The van der Waals surface area contributed by atoms with Gasteiger partial charge in [-0.15, -0.1) is 0 Å². The highest BCUT2D eigenvalue weighted by atomic mass is 16.5. The average molecular weight is 304 g/mol. The van der Waals surface area contributed by atoms with Crippen molar-refractivity contribution in [3.05, 3.63) is 23.8 Å².